The van der Waals surface area contributed by atoms with Crippen LogP contribution < -0.4 is 0 Å². The van der Waals surface area contributed by atoms with Crippen molar-refractivity contribution < 1.29 is 27.9 Å². The third-order valence-electron chi connectivity index (χ3n) is 3.58. The monoisotopic (exact) mass is 293 g/mol. The fourth-order valence-corrected chi connectivity index (χ4v) is 2.37. The minimum Gasteiger partial charge on any atom is -0.480 e. The predicted molar refractivity (Wildman–Crippen MR) is 67.5 cm³/mol. The van der Waals surface area contributed by atoms with E-state index in [1.54, 1.807) is 0 Å². The number of carboxylic acid groups (broad SMARTS) is 1. The van der Waals surface area contributed by atoms with E-state index in [-0.39, 0.29) is 19.1 Å². The lowest BCUT2D eigenvalue weighted by molar-refractivity contribution is -0.148. The SMILES string of the molecule is COC1CC(C(=O)O)N(C(=O)C(C)(C)S(C)(=O)=O)C1. The standard InChI is InChI=1S/C11H19NO6S/c1-11(2,19(4,16)17)10(15)12-6-7(18-3)5-8(12)9(13)14/h7-8H,5-6H2,1-4H3,(H,13,14). The normalized spacial score (nSPS) is 24.5. The molecule has 0 aromatic carbocycles. The van der Waals surface area contributed by atoms with Crippen molar-refractivity contribution >= 4 is 21.7 Å². The molecule has 0 aromatic rings. The Kier molecular flexibility index (Phi) is 4.26. The Morgan fingerprint density at radius 2 is 1.89 bits per heavy atom. The van der Waals surface area contributed by atoms with Crippen molar-refractivity contribution in [3.8, 4) is 0 Å². The number of carbonyl (C=O) groups excluding carboxylic acids is 1. The molecule has 0 spiro atoms. The highest BCUT2D eigenvalue weighted by Crippen LogP contribution is 2.27. The van der Waals surface area contributed by atoms with Crippen LogP contribution in [0.2, 0.25) is 0 Å². The third-order valence-corrected chi connectivity index (χ3v) is 5.61. The number of rotatable bonds is 4. The Morgan fingerprint density at radius 1 is 1.37 bits per heavy atom. The molecule has 0 bridgehead atoms. The van der Waals surface area contributed by atoms with Gasteiger partial charge in [-0.1, -0.05) is 0 Å². The zero-order valence-corrected chi connectivity index (χ0v) is 12.2. The van der Waals surface area contributed by atoms with Crippen LogP contribution in [0.3, 0.4) is 0 Å². The summed E-state index contributed by atoms with van der Waals surface area (Å²) in [5.41, 5.74) is 0. The highest BCUT2D eigenvalue weighted by Gasteiger charge is 2.48. The van der Waals surface area contributed by atoms with Gasteiger partial charge < -0.3 is 14.7 Å². The van der Waals surface area contributed by atoms with E-state index >= 15 is 0 Å². The fraction of sp³-hybridized carbons (Fsp3) is 0.818. The molecule has 7 nitrogen and oxygen atoms in total. The average Bonchev–Trinajstić information content (AvgIpc) is 2.70. The first-order valence-corrected chi connectivity index (χ1v) is 7.67. The lowest BCUT2D eigenvalue weighted by Crippen LogP contribution is -2.53. The quantitative estimate of drug-likeness (QED) is 0.750. The maximum absolute atomic E-state index is 12.3. The van der Waals surface area contributed by atoms with Crippen LogP contribution >= 0.6 is 0 Å². The van der Waals surface area contributed by atoms with Gasteiger partial charge in [-0.25, -0.2) is 13.2 Å². The highest BCUT2D eigenvalue weighted by atomic mass is 32.2. The van der Waals surface area contributed by atoms with E-state index < -0.39 is 32.5 Å². The molecule has 2 atom stereocenters. The molecule has 19 heavy (non-hydrogen) atoms. The van der Waals surface area contributed by atoms with Gasteiger partial charge in [0.05, 0.1) is 6.10 Å². The van der Waals surface area contributed by atoms with Gasteiger partial charge in [-0.15, -0.1) is 0 Å². The Morgan fingerprint density at radius 3 is 2.26 bits per heavy atom. The minimum absolute atomic E-state index is 0.0885. The zero-order valence-electron chi connectivity index (χ0n) is 11.4. The molecule has 1 saturated heterocycles. The molecule has 8 heteroatoms. The summed E-state index contributed by atoms with van der Waals surface area (Å²) in [7, 11) is -2.21. The molecule has 1 N–H and O–H groups in total. The summed E-state index contributed by atoms with van der Waals surface area (Å²) in [6.45, 7) is 2.65. The molecule has 1 fully saturated rings. The summed E-state index contributed by atoms with van der Waals surface area (Å²) in [5, 5.41) is 9.12. The molecule has 110 valence electrons. The van der Waals surface area contributed by atoms with Crippen molar-refractivity contribution in [1.82, 2.24) is 4.90 Å². The molecule has 1 aliphatic rings. The van der Waals surface area contributed by atoms with Gasteiger partial charge in [0.1, 0.15) is 10.8 Å². The fourth-order valence-electron chi connectivity index (χ4n) is 1.93. The first-order valence-electron chi connectivity index (χ1n) is 5.78. The Hall–Kier alpha value is -1.15. The molecule has 1 rings (SSSR count). The summed E-state index contributed by atoms with van der Waals surface area (Å²) in [6.07, 6.45) is 0.738. The second-order valence-electron chi connectivity index (χ2n) is 5.19. The molecule has 0 saturated carbocycles. The smallest absolute Gasteiger partial charge is 0.326 e. The Bertz CT molecular complexity index is 483. The van der Waals surface area contributed by atoms with Crippen LogP contribution in [0, 0.1) is 0 Å². The number of methoxy groups -OCH3 is 1. The van der Waals surface area contributed by atoms with Crippen LogP contribution in [0.4, 0.5) is 0 Å². The van der Waals surface area contributed by atoms with E-state index in [0.29, 0.717) is 0 Å². The second kappa shape index (κ2) is 5.09. The number of amides is 1. The van der Waals surface area contributed by atoms with Gasteiger partial charge in [-0.05, 0) is 13.8 Å². The molecule has 1 aliphatic heterocycles. The zero-order chi connectivity index (χ0) is 15.0. The van der Waals surface area contributed by atoms with Crippen molar-refractivity contribution in [2.45, 2.75) is 37.2 Å². The van der Waals surface area contributed by atoms with Gasteiger partial charge in [0, 0.05) is 26.3 Å². The minimum atomic E-state index is -3.64. The molecule has 1 amide bonds. The van der Waals surface area contributed by atoms with E-state index in [2.05, 4.69) is 0 Å². The molecule has 2 unspecified atom stereocenters. The largest absolute Gasteiger partial charge is 0.480 e. The maximum atomic E-state index is 12.3. The van der Waals surface area contributed by atoms with Gasteiger partial charge in [0.2, 0.25) is 5.91 Å². The van der Waals surface area contributed by atoms with Crippen molar-refractivity contribution in [2.24, 2.45) is 0 Å². The number of ether oxygens (including phenoxy) is 1. The number of carboxylic acids is 1. The van der Waals surface area contributed by atoms with Crippen LogP contribution in [-0.2, 0) is 24.2 Å². The van der Waals surface area contributed by atoms with Crippen molar-refractivity contribution in [2.75, 3.05) is 19.9 Å². The maximum Gasteiger partial charge on any atom is 0.326 e. The predicted octanol–water partition coefficient (Wildman–Crippen LogP) is -0.490. The summed E-state index contributed by atoms with van der Waals surface area (Å²) in [6, 6.07) is -1.04. The van der Waals surface area contributed by atoms with E-state index in [1.807, 2.05) is 0 Å². The van der Waals surface area contributed by atoms with E-state index in [1.165, 1.54) is 21.0 Å². The number of hydrogen-bond donors (Lipinski definition) is 1. The van der Waals surface area contributed by atoms with Gasteiger partial charge in [-0.3, -0.25) is 4.79 Å². The topological polar surface area (TPSA) is 101 Å². The van der Waals surface area contributed by atoms with Crippen molar-refractivity contribution in [3.63, 3.8) is 0 Å². The first-order chi connectivity index (χ1) is 8.52. The number of hydrogen-bond acceptors (Lipinski definition) is 5. The lowest BCUT2D eigenvalue weighted by atomic mass is 10.1. The van der Waals surface area contributed by atoms with Crippen LogP contribution in [-0.4, -0.2) is 67.1 Å². The lowest BCUT2D eigenvalue weighted by Gasteiger charge is -2.30. The summed E-state index contributed by atoms with van der Waals surface area (Å²) in [5.74, 6) is -1.86. The van der Waals surface area contributed by atoms with E-state index in [0.717, 1.165) is 11.2 Å². The molecule has 0 aliphatic carbocycles. The first kappa shape index (κ1) is 15.9. The molecule has 0 aromatic heterocycles. The number of sulfone groups is 1. The Balaban J connectivity index is 3.07. The number of likely N-dealkylation sites (tertiary alicyclic amines) is 1. The number of carbonyl (C=O) groups is 2. The molecule has 1 heterocycles. The van der Waals surface area contributed by atoms with Crippen LogP contribution in [0.15, 0.2) is 0 Å². The van der Waals surface area contributed by atoms with Crippen LogP contribution in [0.25, 0.3) is 0 Å². The van der Waals surface area contributed by atoms with Crippen molar-refractivity contribution in [1.29, 1.82) is 0 Å². The molecule has 0 radical (unpaired) electrons. The summed E-state index contributed by atoms with van der Waals surface area (Å²) in [4.78, 5) is 24.6. The molecular weight excluding hydrogens is 274 g/mol. The van der Waals surface area contributed by atoms with Crippen molar-refractivity contribution in [3.05, 3.63) is 0 Å². The second-order valence-corrected chi connectivity index (χ2v) is 7.75. The van der Waals surface area contributed by atoms with Crippen LogP contribution in [0.5, 0.6) is 0 Å². The van der Waals surface area contributed by atoms with Gasteiger partial charge in [0.15, 0.2) is 9.84 Å². The number of aliphatic carboxylic acids is 1. The summed E-state index contributed by atoms with van der Waals surface area (Å²) >= 11 is 0. The third kappa shape index (κ3) is 2.89. The van der Waals surface area contributed by atoms with Gasteiger partial charge in [0.25, 0.3) is 0 Å². The average molecular weight is 293 g/mol. The molecular formula is C11H19NO6S. The number of nitrogens with zero attached hydrogens (tertiary/aromatic N) is 1. The summed E-state index contributed by atoms with van der Waals surface area (Å²) < 4.78 is 26.7. The Labute approximate surface area is 112 Å². The van der Waals surface area contributed by atoms with Gasteiger partial charge in [-0.2, -0.15) is 0 Å². The van der Waals surface area contributed by atoms with Gasteiger partial charge >= 0.3 is 5.97 Å². The van der Waals surface area contributed by atoms with Crippen LogP contribution in [0.1, 0.15) is 20.3 Å². The highest BCUT2D eigenvalue weighted by molar-refractivity contribution is 7.92. The van der Waals surface area contributed by atoms with E-state index in [4.69, 9.17) is 9.84 Å². The van der Waals surface area contributed by atoms with E-state index in [9.17, 15) is 18.0 Å².